The Morgan fingerprint density at radius 3 is 2.35 bits per heavy atom. The fraction of sp³-hybridized carbons (Fsp3) is 0.588. The number of nitrogens with two attached hydrogens (primary N) is 1. The van der Waals surface area contributed by atoms with Crippen molar-refractivity contribution in [2.45, 2.75) is 31.7 Å². The number of amides is 1. The number of rotatable bonds is 5. The zero-order valence-electron chi connectivity index (χ0n) is 14.1. The Kier molecular flexibility index (Phi) is 6.10. The summed E-state index contributed by atoms with van der Waals surface area (Å²) in [5.41, 5.74) is 6.82. The molecule has 1 atom stereocenters. The van der Waals surface area contributed by atoms with Crippen molar-refractivity contribution in [2.75, 3.05) is 34.4 Å². The summed E-state index contributed by atoms with van der Waals surface area (Å²) in [4.78, 5) is 14.5. The summed E-state index contributed by atoms with van der Waals surface area (Å²) in [5, 5.41) is 0. The van der Waals surface area contributed by atoms with Crippen LogP contribution in [-0.2, 0) is 11.2 Å². The molecule has 23 heavy (non-hydrogen) atoms. The number of benzene rings is 1. The fourth-order valence-electron chi connectivity index (χ4n) is 2.90. The monoisotopic (exact) mass is 322 g/mol. The van der Waals surface area contributed by atoms with Crippen molar-refractivity contribution < 1.29 is 19.0 Å². The van der Waals surface area contributed by atoms with Gasteiger partial charge in [-0.05, 0) is 37.0 Å². The van der Waals surface area contributed by atoms with E-state index in [9.17, 15) is 4.79 Å². The van der Waals surface area contributed by atoms with Crippen LogP contribution < -0.4 is 19.9 Å². The molecule has 0 spiro atoms. The smallest absolute Gasteiger partial charge is 0.226 e. The van der Waals surface area contributed by atoms with E-state index in [4.69, 9.17) is 19.9 Å². The third kappa shape index (κ3) is 4.28. The summed E-state index contributed by atoms with van der Waals surface area (Å²) in [6.07, 6.45) is 3.11. The molecule has 0 saturated carbocycles. The third-order valence-electron chi connectivity index (χ3n) is 4.21. The number of hydrogen-bond acceptors (Lipinski definition) is 5. The molecule has 0 radical (unpaired) electrons. The molecular formula is C17H26N2O4. The summed E-state index contributed by atoms with van der Waals surface area (Å²) in [5.74, 6) is 1.76. The van der Waals surface area contributed by atoms with Gasteiger partial charge in [0.25, 0.3) is 0 Å². The van der Waals surface area contributed by atoms with Gasteiger partial charge in [-0.25, -0.2) is 0 Å². The van der Waals surface area contributed by atoms with Gasteiger partial charge in [0.1, 0.15) is 0 Å². The van der Waals surface area contributed by atoms with Gasteiger partial charge in [-0.15, -0.1) is 0 Å². The lowest BCUT2D eigenvalue weighted by Crippen LogP contribution is -2.34. The highest BCUT2D eigenvalue weighted by Gasteiger charge is 2.20. The standard InChI is InChI=1S/C17H26N2O4/c1-21-14-9-12(10-15(22-2)17(14)23-3)11-16(20)19-7-4-5-13(18)6-8-19/h9-10,13H,4-8,11,18H2,1-3H3. The van der Waals surface area contributed by atoms with Crippen LogP contribution in [-0.4, -0.2) is 51.3 Å². The van der Waals surface area contributed by atoms with E-state index in [-0.39, 0.29) is 11.9 Å². The highest BCUT2D eigenvalue weighted by Crippen LogP contribution is 2.38. The van der Waals surface area contributed by atoms with Crippen LogP contribution in [0.2, 0.25) is 0 Å². The number of carbonyl (C=O) groups excluding carboxylic acids is 1. The van der Waals surface area contributed by atoms with E-state index in [0.717, 1.165) is 37.9 Å². The molecule has 128 valence electrons. The minimum absolute atomic E-state index is 0.105. The van der Waals surface area contributed by atoms with Crippen LogP contribution in [0.25, 0.3) is 0 Å². The minimum Gasteiger partial charge on any atom is -0.493 e. The average Bonchev–Trinajstić information content (AvgIpc) is 2.78. The zero-order chi connectivity index (χ0) is 16.8. The summed E-state index contributed by atoms with van der Waals surface area (Å²) in [7, 11) is 4.70. The van der Waals surface area contributed by atoms with Gasteiger partial charge < -0.3 is 24.8 Å². The molecule has 1 amide bonds. The summed E-state index contributed by atoms with van der Waals surface area (Å²) >= 11 is 0. The maximum atomic E-state index is 12.6. The molecule has 2 N–H and O–H groups in total. The van der Waals surface area contributed by atoms with Gasteiger partial charge in [0.2, 0.25) is 11.7 Å². The quantitative estimate of drug-likeness (QED) is 0.891. The maximum Gasteiger partial charge on any atom is 0.226 e. The van der Waals surface area contributed by atoms with Crippen molar-refractivity contribution in [2.24, 2.45) is 5.73 Å². The molecule has 0 aliphatic carbocycles. The van der Waals surface area contributed by atoms with Gasteiger partial charge in [-0.1, -0.05) is 0 Å². The molecule has 0 bridgehead atoms. The summed E-state index contributed by atoms with van der Waals surface area (Å²) < 4.78 is 16.0. The van der Waals surface area contributed by atoms with Crippen LogP contribution in [0.3, 0.4) is 0 Å². The Labute approximate surface area is 137 Å². The second-order valence-electron chi connectivity index (χ2n) is 5.78. The first-order valence-corrected chi connectivity index (χ1v) is 7.91. The first kappa shape index (κ1) is 17.4. The number of ether oxygens (including phenoxy) is 3. The largest absolute Gasteiger partial charge is 0.493 e. The van der Waals surface area contributed by atoms with Gasteiger partial charge in [0.05, 0.1) is 27.8 Å². The van der Waals surface area contributed by atoms with Crippen molar-refractivity contribution in [1.82, 2.24) is 4.90 Å². The van der Waals surface area contributed by atoms with E-state index in [2.05, 4.69) is 0 Å². The lowest BCUT2D eigenvalue weighted by molar-refractivity contribution is -0.130. The van der Waals surface area contributed by atoms with Crippen molar-refractivity contribution in [3.63, 3.8) is 0 Å². The Hall–Kier alpha value is -1.95. The molecule has 6 heteroatoms. The number of hydrogen-bond donors (Lipinski definition) is 1. The van der Waals surface area contributed by atoms with E-state index in [0.29, 0.717) is 23.7 Å². The highest BCUT2D eigenvalue weighted by molar-refractivity contribution is 5.79. The molecule has 0 aromatic heterocycles. The number of carbonyl (C=O) groups is 1. The lowest BCUT2D eigenvalue weighted by Gasteiger charge is -2.21. The fourth-order valence-corrected chi connectivity index (χ4v) is 2.90. The van der Waals surface area contributed by atoms with Crippen LogP contribution >= 0.6 is 0 Å². The Morgan fingerprint density at radius 1 is 1.13 bits per heavy atom. The number of nitrogens with zero attached hydrogens (tertiary/aromatic N) is 1. The molecule has 1 aromatic rings. The molecule has 2 rings (SSSR count). The van der Waals surface area contributed by atoms with E-state index in [1.165, 1.54) is 0 Å². The van der Waals surface area contributed by atoms with E-state index in [1.54, 1.807) is 21.3 Å². The molecule has 1 aliphatic rings. The lowest BCUT2D eigenvalue weighted by atomic mass is 10.1. The topological polar surface area (TPSA) is 74.0 Å². The zero-order valence-corrected chi connectivity index (χ0v) is 14.1. The maximum absolute atomic E-state index is 12.6. The SMILES string of the molecule is COc1cc(CC(=O)N2CCCC(N)CC2)cc(OC)c1OC. The van der Waals surface area contributed by atoms with Crippen molar-refractivity contribution in [3.05, 3.63) is 17.7 Å². The molecule has 1 heterocycles. The van der Waals surface area contributed by atoms with Gasteiger partial charge >= 0.3 is 0 Å². The summed E-state index contributed by atoms with van der Waals surface area (Å²) in [6, 6.07) is 3.85. The molecule has 1 unspecified atom stereocenters. The van der Waals surface area contributed by atoms with Crippen LogP contribution in [0.5, 0.6) is 17.2 Å². The molecule has 1 aliphatic heterocycles. The predicted octanol–water partition coefficient (Wildman–Crippen LogP) is 1.59. The van der Waals surface area contributed by atoms with E-state index in [1.807, 2.05) is 17.0 Å². The number of likely N-dealkylation sites (tertiary alicyclic amines) is 1. The number of methoxy groups -OCH3 is 3. The van der Waals surface area contributed by atoms with Crippen LogP contribution in [0.1, 0.15) is 24.8 Å². The Bertz CT molecular complexity index is 522. The summed E-state index contributed by atoms with van der Waals surface area (Å²) in [6.45, 7) is 1.50. The van der Waals surface area contributed by atoms with Gasteiger partial charge in [-0.3, -0.25) is 4.79 Å². The van der Waals surface area contributed by atoms with Crippen LogP contribution in [0.15, 0.2) is 12.1 Å². The third-order valence-corrected chi connectivity index (χ3v) is 4.21. The molecule has 1 saturated heterocycles. The van der Waals surface area contributed by atoms with Crippen molar-refractivity contribution in [3.8, 4) is 17.2 Å². The normalized spacial score (nSPS) is 18.3. The molecular weight excluding hydrogens is 296 g/mol. The van der Waals surface area contributed by atoms with E-state index < -0.39 is 0 Å². The first-order chi connectivity index (χ1) is 11.1. The van der Waals surface area contributed by atoms with Crippen molar-refractivity contribution in [1.29, 1.82) is 0 Å². The second-order valence-corrected chi connectivity index (χ2v) is 5.78. The van der Waals surface area contributed by atoms with Crippen LogP contribution in [0, 0.1) is 0 Å². The van der Waals surface area contributed by atoms with E-state index >= 15 is 0 Å². The average molecular weight is 322 g/mol. The van der Waals surface area contributed by atoms with Crippen molar-refractivity contribution >= 4 is 5.91 Å². The highest BCUT2D eigenvalue weighted by atomic mass is 16.5. The van der Waals surface area contributed by atoms with Gasteiger partial charge in [0.15, 0.2) is 11.5 Å². The van der Waals surface area contributed by atoms with Gasteiger partial charge in [-0.2, -0.15) is 0 Å². The van der Waals surface area contributed by atoms with Gasteiger partial charge in [0, 0.05) is 19.1 Å². The molecule has 1 fully saturated rings. The second kappa shape index (κ2) is 8.06. The van der Waals surface area contributed by atoms with Crippen LogP contribution in [0.4, 0.5) is 0 Å². The minimum atomic E-state index is 0.105. The Morgan fingerprint density at radius 2 is 1.78 bits per heavy atom. The first-order valence-electron chi connectivity index (χ1n) is 7.91. The predicted molar refractivity (Wildman–Crippen MR) is 88.2 cm³/mol. The Balaban J connectivity index is 2.14. The molecule has 1 aromatic carbocycles. The molecule has 6 nitrogen and oxygen atoms in total.